The molecular formula is C20H24FN5S2. The van der Waals surface area contributed by atoms with Gasteiger partial charge in [-0.05, 0) is 23.8 Å². The van der Waals surface area contributed by atoms with Crippen LogP contribution in [0, 0.1) is 11.3 Å². The molecule has 0 N–H and O–H groups in total. The zero-order chi connectivity index (χ0) is 20.1. The summed E-state index contributed by atoms with van der Waals surface area (Å²) in [6, 6.07) is 8.24. The Hall–Kier alpha value is -1.95. The fourth-order valence-electron chi connectivity index (χ4n) is 3.57. The second-order valence-electron chi connectivity index (χ2n) is 6.39. The molecule has 5 nitrogen and oxygen atoms in total. The molecule has 1 aliphatic heterocycles. The summed E-state index contributed by atoms with van der Waals surface area (Å²) in [7, 11) is 0. The first kappa shape index (κ1) is 20.8. The van der Waals surface area contributed by atoms with Crippen molar-refractivity contribution < 1.29 is 3.89 Å². The lowest BCUT2D eigenvalue weighted by Crippen LogP contribution is -2.59. The van der Waals surface area contributed by atoms with Crippen molar-refractivity contribution in [2.24, 2.45) is 0 Å². The minimum absolute atomic E-state index is 0.148. The number of nitriles is 1. The number of hydrogen-bond acceptors (Lipinski definition) is 5. The van der Waals surface area contributed by atoms with Crippen molar-refractivity contribution in [3.63, 3.8) is 0 Å². The minimum Gasteiger partial charge on any atom is -0.344 e. The lowest BCUT2D eigenvalue weighted by Gasteiger charge is -2.49. The number of fused-ring (bicyclic) bond motifs is 1. The van der Waals surface area contributed by atoms with E-state index >= 15 is 0 Å². The van der Waals surface area contributed by atoms with E-state index in [1.807, 2.05) is 44.1 Å². The first-order chi connectivity index (χ1) is 13.7. The van der Waals surface area contributed by atoms with E-state index in [0.29, 0.717) is 12.1 Å². The van der Waals surface area contributed by atoms with Crippen LogP contribution < -0.4 is 0 Å². The third-order valence-corrected chi connectivity index (χ3v) is 6.17. The molecule has 3 aromatic rings. The van der Waals surface area contributed by atoms with Gasteiger partial charge in [0.25, 0.3) is 0 Å². The lowest BCUT2D eigenvalue weighted by molar-refractivity contribution is 0.0953. The van der Waals surface area contributed by atoms with Crippen LogP contribution in [0.2, 0.25) is 0 Å². The van der Waals surface area contributed by atoms with Crippen LogP contribution in [0.25, 0.3) is 22.2 Å². The molecule has 0 amide bonds. The van der Waals surface area contributed by atoms with Gasteiger partial charge in [-0.3, -0.25) is 0 Å². The smallest absolute Gasteiger partial charge is 0.171 e. The summed E-state index contributed by atoms with van der Waals surface area (Å²) in [6.45, 7) is 7.88. The minimum atomic E-state index is -0.165. The summed E-state index contributed by atoms with van der Waals surface area (Å²) < 4.78 is 18.9. The van der Waals surface area contributed by atoms with Crippen molar-refractivity contribution in [2.75, 3.05) is 18.8 Å². The van der Waals surface area contributed by atoms with Gasteiger partial charge >= 0.3 is 0 Å². The molecule has 8 heteroatoms. The van der Waals surface area contributed by atoms with E-state index in [1.54, 1.807) is 12.4 Å². The molecular weight excluding hydrogens is 393 g/mol. The van der Waals surface area contributed by atoms with Crippen LogP contribution in [0.4, 0.5) is 3.89 Å². The maximum Gasteiger partial charge on any atom is 0.171 e. The molecule has 1 aliphatic rings. The van der Waals surface area contributed by atoms with Gasteiger partial charge in [-0.25, -0.2) is 13.3 Å². The molecule has 0 bridgehead atoms. The number of halogens is 1. The standard InChI is InChI=1S/C18H18FN5S2.C2H6/c1-2-25-23-12-18(13-23,6-7-20)22-9-4-14(11-22)15-3-8-21-17-16(15)5-10-24(17)26-19;1-2/h3-5,8-11H,2,6,12-13H2,1H3;1-2H3. The Morgan fingerprint density at radius 3 is 2.71 bits per heavy atom. The fraction of sp³-hybridized carbons (Fsp3) is 0.400. The number of pyridine rings is 1. The maximum absolute atomic E-state index is 13.0. The van der Waals surface area contributed by atoms with Crippen LogP contribution in [0.3, 0.4) is 0 Å². The Bertz CT molecular complexity index is 969. The molecule has 0 spiro atoms. The molecule has 28 heavy (non-hydrogen) atoms. The summed E-state index contributed by atoms with van der Waals surface area (Å²) in [5.41, 5.74) is 2.52. The molecule has 0 saturated carbocycles. The fourth-order valence-corrected chi connectivity index (χ4v) is 4.92. The third kappa shape index (κ3) is 3.66. The highest BCUT2D eigenvalue weighted by Crippen LogP contribution is 2.39. The molecule has 1 saturated heterocycles. The molecule has 3 aromatic heterocycles. The number of hydrogen-bond donors (Lipinski definition) is 0. The molecule has 0 aliphatic carbocycles. The molecule has 0 aromatic carbocycles. The van der Waals surface area contributed by atoms with E-state index in [0.717, 1.165) is 35.4 Å². The van der Waals surface area contributed by atoms with Crippen LogP contribution in [0.5, 0.6) is 0 Å². The van der Waals surface area contributed by atoms with Gasteiger partial charge in [-0.15, -0.1) is 3.89 Å². The Kier molecular flexibility index (Phi) is 6.70. The van der Waals surface area contributed by atoms with Crippen molar-refractivity contribution in [3.8, 4) is 17.2 Å². The predicted molar refractivity (Wildman–Crippen MR) is 117 cm³/mol. The highest BCUT2D eigenvalue weighted by molar-refractivity contribution is 7.97. The van der Waals surface area contributed by atoms with Crippen molar-refractivity contribution in [1.29, 1.82) is 5.26 Å². The van der Waals surface area contributed by atoms with Gasteiger partial charge in [0.1, 0.15) is 0 Å². The van der Waals surface area contributed by atoms with Gasteiger partial charge in [0.15, 0.2) is 18.0 Å². The summed E-state index contributed by atoms with van der Waals surface area (Å²) in [5.74, 6) is 1.04. The van der Waals surface area contributed by atoms with E-state index in [-0.39, 0.29) is 17.9 Å². The average molecular weight is 418 g/mol. The zero-order valence-corrected chi connectivity index (χ0v) is 17.9. The highest BCUT2D eigenvalue weighted by Gasteiger charge is 2.44. The van der Waals surface area contributed by atoms with Crippen LogP contribution in [0.15, 0.2) is 43.0 Å². The number of aromatic nitrogens is 3. The first-order valence-corrected chi connectivity index (χ1v) is 11.0. The van der Waals surface area contributed by atoms with Gasteiger partial charge in [-0.1, -0.05) is 32.7 Å². The van der Waals surface area contributed by atoms with Crippen LogP contribution >= 0.6 is 24.3 Å². The SMILES string of the molecule is CC.CCSN1CC(CC#N)(n2ccc(-c3ccnc4c3ccn4SF)c2)C1. The van der Waals surface area contributed by atoms with Crippen molar-refractivity contribution >= 4 is 35.3 Å². The topological polar surface area (TPSA) is 49.8 Å². The molecule has 4 heterocycles. The Balaban J connectivity index is 0.00000109. The van der Waals surface area contributed by atoms with Gasteiger partial charge < -0.3 is 4.57 Å². The second-order valence-corrected chi connectivity index (χ2v) is 8.27. The van der Waals surface area contributed by atoms with Crippen molar-refractivity contribution in [3.05, 3.63) is 43.0 Å². The molecule has 4 rings (SSSR count). The Morgan fingerprint density at radius 2 is 2.04 bits per heavy atom. The van der Waals surface area contributed by atoms with E-state index in [9.17, 15) is 9.15 Å². The molecule has 1 fully saturated rings. The average Bonchev–Trinajstić information content (AvgIpc) is 3.35. The predicted octanol–water partition coefficient (Wildman–Crippen LogP) is 5.50. The Morgan fingerprint density at radius 1 is 1.25 bits per heavy atom. The quantitative estimate of drug-likeness (QED) is 0.495. The second kappa shape index (κ2) is 9.03. The summed E-state index contributed by atoms with van der Waals surface area (Å²) in [5, 5.41) is 10.2. The van der Waals surface area contributed by atoms with Gasteiger partial charge in [0.2, 0.25) is 0 Å². The molecule has 148 valence electrons. The van der Waals surface area contributed by atoms with E-state index in [4.69, 9.17) is 0 Å². The maximum atomic E-state index is 13.0. The van der Waals surface area contributed by atoms with E-state index < -0.39 is 0 Å². The molecule has 0 unspecified atom stereocenters. The van der Waals surface area contributed by atoms with Gasteiger partial charge in [-0.2, -0.15) is 5.26 Å². The zero-order valence-electron chi connectivity index (χ0n) is 16.3. The lowest BCUT2D eigenvalue weighted by atomic mass is 9.89. The van der Waals surface area contributed by atoms with Crippen LogP contribution in [-0.4, -0.2) is 36.7 Å². The van der Waals surface area contributed by atoms with Gasteiger partial charge in [0.05, 0.1) is 18.0 Å². The normalized spacial score (nSPS) is 15.5. The third-order valence-electron chi connectivity index (χ3n) is 4.84. The van der Waals surface area contributed by atoms with Crippen molar-refractivity contribution in [2.45, 2.75) is 32.7 Å². The Labute approximate surface area is 174 Å². The molecule has 0 radical (unpaired) electrons. The van der Waals surface area contributed by atoms with Crippen LogP contribution in [0.1, 0.15) is 27.2 Å². The molecule has 0 atom stereocenters. The summed E-state index contributed by atoms with van der Waals surface area (Å²) in [6.07, 6.45) is 8.03. The van der Waals surface area contributed by atoms with E-state index in [2.05, 4.69) is 39.1 Å². The highest BCUT2D eigenvalue weighted by atomic mass is 32.2. The number of rotatable bonds is 6. The van der Waals surface area contributed by atoms with Gasteiger partial charge in [0, 0.05) is 54.6 Å². The van der Waals surface area contributed by atoms with E-state index in [1.165, 1.54) is 3.97 Å². The first-order valence-electron chi connectivity index (χ1n) is 9.39. The summed E-state index contributed by atoms with van der Waals surface area (Å²) >= 11 is 1.96. The summed E-state index contributed by atoms with van der Waals surface area (Å²) in [4.78, 5) is 4.28. The monoisotopic (exact) mass is 417 g/mol. The van der Waals surface area contributed by atoms with Crippen LogP contribution in [-0.2, 0) is 5.54 Å². The largest absolute Gasteiger partial charge is 0.344 e. The van der Waals surface area contributed by atoms with Crippen molar-refractivity contribution in [1.82, 2.24) is 17.8 Å². The number of nitrogens with zero attached hydrogens (tertiary/aromatic N) is 5.